The van der Waals surface area contributed by atoms with Crippen molar-refractivity contribution in [2.75, 3.05) is 44.2 Å². The van der Waals surface area contributed by atoms with Crippen molar-refractivity contribution in [2.45, 2.75) is 87.4 Å². The molecule has 2 bridgehead atoms. The maximum Gasteiger partial charge on any atom is 0.272 e. The summed E-state index contributed by atoms with van der Waals surface area (Å²) < 4.78 is 51.1. The lowest BCUT2D eigenvalue weighted by atomic mass is 9.62. The Morgan fingerprint density at radius 1 is 1.08 bits per heavy atom. The molecule has 262 valence electrons. The quantitative estimate of drug-likeness (QED) is 0.369. The number of benzene rings is 2. The van der Waals surface area contributed by atoms with E-state index in [1.54, 1.807) is 11.0 Å². The van der Waals surface area contributed by atoms with Gasteiger partial charge in [-0.2, -0.15) is 0 Å². The van der Waals surface area contributed by atoms with E-state index in [1.165, 1.54) is 11.1 Å². The molecule has 1 saturated heterocycles. The summed E-state index contributed by atoms with van der Waals surface area (Å²) in [6, 6.07) is 11.5. The van der Waals surface area contributed by atoms with Crippen molar-refractivity contribution in [1.82, 2.24) is 9.62 Å². The van der Waals surface area contributed by atoms with E-state index in [1.807, 2.05) is 32.0 Å². The first kappa shape index (κ1) is 34.1. The number of ether oxygens (including phenoxy) is 1. The molecule has 11 heteroatoms. The first-order chi connectivity index (χ1) is 22.7. The number of aliphatic hydroxyl groups is 1. The van der Waals surface area contributed by atoms with Crippen LogP contribution in [0.3, 0.4) is 0 Å². The van der Waals surface area contributed by atoms with E-state index in [0.29, 0.717) is 55.3 Å². The van der Waals surface area contributed by atoms with Gasteiger partial charge in [0.25, 0.3) is 11.8 Å². The molecule has 3 heterocycles. The summed E-state index contributed by atoms with van der Waals surface area (Å²) >= 11 is 6.43. The van der Waals surface area contributed by atoms with Gasteiger partial charge in [-0.15, -0.1) is 0 Å². The van der Waals surface area contributed by atoms with Crippen LogP contribution in [0.2, 0.25) is 5.02 Å². The number of halogens is 3. The van der Waals surface area contributed by atoms with Gasteiger partial charge in [-0.25, -0.2) is 13.0 Å². The lowest BCUT2D eigenvalue weighted by molar-refractivity contribution is -0.173. The second-order valence-electron chi connectivity index (χ2n) is 15.6. The summed E-state index contributed by atoms with van der Waals surface area (Å²) in [5.41, 5.74) is 2.20. The first-order valence-corrected chi connectivity index (χ1v) is 19.7. The molecule has 2 aliphatic carbocycles. The van der Waals surface area contributed by atoms with Gasteiger partial charge in [0, 0.05) is 40.9 Å². The minimum Gasteiger partial charge on any atom is -0.490 e. The highest BCUT2D eigenvalue weighted by molar-refractivity contribution is 7.99. The van der Waals surface area contributed by atoms with Crippen molar-refractivity contribution in [3.05, 3.63) is 58.1 Å². The Balaban J connectivity index is 1.28. The molecular formula is C37H48ClF2N3O4S. The lowest BCUT2D eigenvalue weighted by Crippen LogP contribution is -2.63. The molecule has 2 fully saturated rings. The minimum atomic E-state index is -3.01. The van der Waals surface area contributed by atoms with Gasteiger partial charge in [0.05, 0.1) is 40.7 Å². The van der Waals surface area contributed by atoms with Crippen LogP contribution in [0.15, 0.2) is 36.4 Å². The SMILES string of the molecule is C=S1(=O)NC(=O)c2ccc3c(c2)N(C[C@@H]2CC[C@H]2[C@@](O)(CN2CC(F)(F)C2)CCC[C@H](C)[C@H]1C)C[C@@]1(CCCc2cc(Cl)ccc21)CO3. The van der Waals surface area contributed by atoms with Crippen LogP contribution in [-0.4, -0.2) is 82.1 Å². The molecule has 7 atom stereocenters. The highest BCUT2D eigenvalue weighted by Gasteiger charge is 2.52. The van der Waals surface area contributed by atoms with Crippen molar-refractivity contribution in [3.63, 3.8) is 0 Å². The summed E-state index contributed by atoms with van der Waals surface area (Å²) in [7, 11) is -3.01. The number of nitrogens with one attached hydrogen (secondary N) is 1. The standard InChI is InChI=1S/C37H48ClF2N3O4S/c1-24-6-4-15-36(45,20-42-21-37(39,40)22-42)31-11-8-28(31)18-43-19-35(14-5-7-26-16-29(38)10-12-30(26)35)23-47-33-13-9-27(17-32(33)43)34(44)41-48(3,46)25(24)2/h9-10,12-13,16-17,24-25,28,31,45H,3-8,11,14-15,18-23H2,1-2H3,(H,41,44,46)/t24-,25+,28-,31+,35-,36-,48?/m0/s1. The molecule has 1 unspecified atom stereocenters. The van der Waals surface area contributed by atoms with Crippen LogP contribution in [0, 0.1) is 17.8 Å². The van der Waals surface area contributed by atoms with E-state index < -0.39 is 32.4 Å². The van der Waals surface area contributed by atoms with E-state index in [0.717, 1.165) is 37.8 Å². The van der Waals surface area contributed by atoms with Gasteiger partial charge >= 0.3 is 0 Å². The number of anilines is 1. The van der Waals surface area contributed by atoms with Gasteiger partial charge < -0.3 is 14.7 Å². The molecule has 3 aliphatic heterocycles. The number of aryl methyl sites for hydroxylation is 1. The van der Waals surface area contributed by atoms with Crippen LogP contribution in [0.1, 0.15) is 80.3 Å². The van der Waals surface area contributed by atoms with Gasteiger partial charge in [0.15, 0.2) is 0 Å². The largest absolute Gasteiger partial charge is 0.490 e. The number of hydrogen-bond acceptors (Lipinski definition) is 6. The predicted molar refractivity (Wildman–Crippen MR) is 188 cm³/mol. The molecule has 0 aromatic heterocycles. The maximum atomic E-state index is 13.9. The zero-order valence-electron chi connectivity index (χ0n) is 28.0. The summed E-state index contributed by atoms with van der Waals surface area (Å²) in [4.78, 5) is 17.7. The molecule has 2 aromatic rings. The monoisotopic (exact) mass is 703 g/mol. The smallest absolute Gasteiger partial charge is 0.272 e. The number of carbonyl (C=O) groups excluding carboxylic acids is 1. The molecule has 2 aromatic carbocycles. The molecule has 1 amide bonds. The molecule has 1 spiro atoms. The normalized spacial score (nSPS) is 36.8. The number of carbonyl (C=O) groups is 1. The Bertz CT molecular complexity index is 1680. The Morgan fingerprint density at radius 2 is 1.88 bits per heavy atom. The van der Waals surface area contributed by atoms with E-state index in [9.17, 15) is 22.9 Å². The summed E-state index contributed by atoms with van der Waals surface area (Å²) in [6.45, 7) is 5.18. The van der Waals surface area contributed by atoms with Gasteiger partial charge in [-0.1, -0.05) is 31.0 Å². The number of fused-ring (bicyclic) bond motifs is 4. The van der Waals surface area contributed by atoms with E-state index in [2.05, 4.69) is 27.6 Å². The molecule has 5 aliphatic rings. The van der Waals surface area contributed by atoms with Crippen LogP contribution in [0.5, 0.6) is 5.75 Å². The molecular weight excluding hydrogens is 656 g/mol. The maximum absolute atomic E-state index is 13.9. The predicted octanol–water partition coefficient (Wildman–Crippen LogP) is 6.09. The lowest BCUT2D eigenvalue weighted by Gasteiger charge is -2.53. The zero-order valence-corrected chi connectivity index (χ0v) is 29.6. The Morgan fingerprint density at radius 3 is 2.60 bits per heavy atom. The van der Waals surface area contributed by atoms with Crippen molar-refractivity contribution in [2.24, 2.45) is 17.8 Å². The fourth-order valence-electron chi connectivity index (χ4n) is 9.17. The van der Waals surface area contributed by atoms with Gasteiger partial charge in [0.1, 0.15) is 5.75 Å². The van der Waals surface area contributed by atoms with Crippen LogP contribution >= 0.6 is 11.6 Å². The summed E-state index contributed by atoms with van der Waals surface area (Å²) in [5.74, 6) is 1.54. The van der Waals surface area contributed by atoms with Crippen molar-refractivity contribution in [1.29, 1.82) is 0 Å². The second kappa shape index (κ2) is 12.4. The van der Waals surface area contributed by atoms with E-state index in [-0.39, 0.29) is 42.8 Å². The molecule has 48 heavy (non-hydrogen) atoms. The van der Waals surface area contributed by atoms with Crippen LogP contribution in [0.25, 0.3) is 0 Å². The number of hydrogen-bond donors (Lipinski definition) is 2. The highest BCUT2D eigenvalue weighted by Crippen LogP contribution is 2.49. The number of likely N-dealkylation sites (tertiary alicyclic amines) is 1. The fourth-order valence-corrected chi connectivity index (χ4v) is 10.9. The molecule has 7 nitrogen and oxygen atoms in total. The van der Waals surface area contributed by atoms with Crippen molar-refractivity contribution >= 4 is 38.8 Å². The molecule has 1 saturated carbocycles. The molecule has 7 rings (SSSR count). The number of β-amino-alcohol motifs (C(OH)–C–C–N with tert-alkyl or cyclic N) is 1. The average molecular weight is 704 g/mol. The minimum absolute atomic E-state index is 0.0432. The third kappa shape index (κ3) is 6.35. The first-order valence-electron chi connectivity index (χ1n) is 17.5. The topological polar surface area (TPSA) is 82.1 Å². The Labute approximate surface area is 288 Å². The average Bonchev–Trinajstić information content (AvgIpc) is 3.14. The summed E-state index contributed by atoms with van der Waals surface area (Å²) in [6.07, 6.45) is 6.43. The van der Waals surface area contributed by atoms with E-state index >= 15 is 0 Å². The van der Waals surface area contributed by atoms with E-state index in [4.69, 9.17) is 16.3 Å². The van der Waals surface area contributed by atoms with Crippen LogP contribution < -0.4 is 14.4 Å². The van der Waals surface area contributed by atoms with Gasteiger partial charge in [0.2, 0.25) is 0 Å². The molecule has 0 radical (unpaired) electrons. The fraction of sp³-hybridized carbons (Fsp3) is 0.622. The van der Waals surface area contributed by atoms with Crippen molar-refractivity contribution in [3.8, 4) is 5.75 Å². The van der Waals surface area contributed by atoms with Crippen molar-refractivity contribution < 1.29 is 27.6 Å². The van der Waals surface area contributed by atoms with Crippen LogP contribution in [-0.2, 0) is 21.5 Å². The van der Waals surface area contributed by atoms with Gasteiger partial charge in [-0.3, -0.25) is 14.4 Å². The number of nitrogens with zero attached hydrogens (tertiary/aromatic N) is 2. The number of rotatable bonds is 2. The number of amides is 1. The number of alkyl halides is 2. The molecule has 2 N–H and O–H groups in total. The Hall–Kier alpha value is -2.40. The Kier molecular flexibility index (Phi) is 8.82. The summed E-state index contributed by atoms with van der Waals surface area (Å²) in [5, 5.41) is 12.7. The van der Waals surface area contributed by atoms with Crippen LogP contribution in [0.4, 0.5) is 14.5 Å². The highest BCUT2D eigenvalue weighted by atomic mass is 35.5. The second-order valence-corrected chi connectivity index (χ2v) is 18.4. The van der Waals surface area contributed by atoms with Gasteiger partial charge in [-0.05, 0) is 117 Å². The third-order valence-corrected chi connectivity index (χ3v) is 14.6. The zero-order chi connectivity index (χ0) is 34.1. The third-order valence-electron chi connectivity index (χ3n) is 12.2.